The van der Waals surface area contributed by atoms with E-state index in [1.54, 1.807) is 0 Å². The first-order chi connectivity index (χ1) is 4.34. The van der Waals surface area contributed by atoms with Crippen molar-refractivity contribution in [2.24, 2.45) is 11.8 Å². The summed E-state index contributed by atoms with van der Waals surface area (Å²) in [5.74, 6) is 1.93. The molecule has 0 aromatic carbocycles. The number of rotatable bonds is 3. The third kappa shape index (κ3) is 1.57. The summed E-state index contributed by atoms with van der Waals surface area (Å²) in [7, 11) is 0. The maximum atomic E-state index is 3.74. The van der Waals surface area contributed by atoms with Crippen LogP contribution in [0.2, 0.25) is 0 Å². The van der Waals surface area contributed by atoms with Crippen LogP contribution in [0.25, 0.3) is 0 Å². The molecule has 0 aromatic heterocycles. The first kappa shape index (κ1) is 6.85. The minimum atomic E-state index is 0.899. The van der Waals surface area contributed by atoms with Gasteiger partial charge in [0.15, 0.2) is 0 Å². The van der Waals surface area contributed by atoms with E-state index < -0.39 is 0 Å². The van der Waals surface area contributed by atoms with E-state index in [4.69, 9.17) is 0 Å². The summed E-state index contributed by atoms with van der Waals surface area (Å²) in [5.41, 5.74) is 0. The van der Waals surface area contributed by atoms with Crippen LogP contribution < -0.4 is 0 Å². The number of hydrogen-bond donors (Lipinski definition) is 0. The normalized spacial score (nSPS) is 22.8. The largest absolute Gasteiger partial charge is 0.103 e. The predicted molar refractivity (Wildman–Crippen MR) is 41.3 cm³/mol. The lowest BCUT2D eigenvalue weighted by atomic mass is 9.75. The van der Waals surface area contributed by atoms with E-state index in [-0.39, 0.29) is 0 Å². The molecule has 0 spiro atoms. The van der Waals surface area contributed by atoms with Gasteiger partial charge in [0.2, 0.25) is 0 Å². The first-order valence-electron chi connectivity index (χ1n) is 3.95. The van der Waals surface area contributed by atoms with E-state index >= 15 is 0 Å². The number of allylic oxidation sites excluding steroid dienone is 1. The van der Waals surface area contributed by atoms with Gasteiger partial charge in [0.25, 0.3) is 0 Å². The molecule has 0 bridgehead atoms. The van der Waals surface area contributed by atoms with Gasteiger partial charge in [-0.2, -0.15) is 0 Å². The molecule has 1 fully saturated rings. The molecule has 0 heteroatoms. The van der Waals surface area contributed by atoms with Crippen LogP contribution in [-0.4, -0.2) is 0 Å². The molecule has 1 unspecified atom stereocenters. The second kappa shape index (κ2) is 3.05. The Morgan fingerprint density at radius 1 is 1.67 bits per heavy atom. The minimum absolute atomic E-state index is 0.899. The molecule has 0 aliphatic heterocycles. The van der Waals surface area contributed by atoms with Crippen LogP contribution in [0.15, 0.2) is 12.7 Å². The summed E-state index contributed by atoms with van der Waals surface area (Å²) in [6.07, 6.45) is 7.66. The molecular formula is C9H16. The van der Waals surface area contributed by atoms with Crippen molar-refractivity contribution in [1.29, 1.82) is 0 Å². The van der Waals surface area contributed by atoms with Crippen molar-refractivity contribution in [2.75, 3.05) is 0 Å². The molecule has 0 radical (unpaired) electrons. The highest BCUT2D eigenvalue weighted by molar-refractivity contribution is 4.80. The predicted octanol–water partition coefficient (Wildman–Crippen LogP) is 3.00. The molecule has 0 amide bonds. The van der Waals surface area contributed by atoms with Crippen LogP contribution >= 0.6 is 0 Å². The monoisotopic (exact) mass is 124 g/mol. The molecule has 1 atom stereocenters. The van der Waals surface area contributed by atoms with Gasteiger partial charge in [-0.1, -0.05) is 32.3 Å². The van der Waals surface area contributed by atoms with E-state index in [9.17, 15) is 0 Å². The van der Waals surface area contributed by atoms with Crippen molar-refractivity contribution in [3.05, 3.63) is 12.7 Å². The average Bonchev–Trinajstić information content (AvgIpc) is 1.60. The third-order valence-electron chi connectivity index (χ3n) is 2.49. The Labute approximate surface area is 58.0 Å². The van der Waals surface area contributed by atoms with E-state index in [0.29, 0.717) is 0 Å². The summed E-state index contributed by atoms with van der Waals surface area (Å²) in [6, 6.07) is 0. The summed E-state index contributed by atoms with van der Waals surface area (Å²) < 4.78 is 0. The Hall–Kier alpha value is -0.260. The number of hydrogen-bond acceptors (Lipinski definition) is 0. The summed E-state index contributed by atoms with van der Waals surface area (Å²) >= 11 is 0. The average molecular weight is 124 g/mol. The molecule has 0 N–H and O–H groups in total. The van der Waals surface area contributed by atoms with Crippen LogP contribution in [-0.2, 0) is 0 Å². The Morgan fingerprint density at radius 2 is 2.33 bits per heavy atom. The van der Waals surface area contributed by atoms with Gasteiger partial charge in [0.05, 0.1) is 0 Å². The molecule has 1 saturated carbocycles. The lowest BCUT2D eigenvalue weighted by Gasteiger charge is -2.30. The van der Waals surface area contributed by atoms with Gasteiger partial charge < -0.3 is 0 Å². The van der Waals surface area contributed by atoms with Gasteiger partial charge in [-0.25, -0.2) is 0 Å². The fourth-order valence-electron chi connectivity index (χ4n) is 1.46. The molecule has 0 heterocycles. The van der Waals surface area contributed by atoms with Crippen molar-refractivity contribution in [3.8, 4) is 0 Å². The second-order valence-electron chi connectivity index (χ2n) is 3.19. The Bertz CT molecular complexity index is 90.2. The third-order valence-corrected chi connectivity index (χ3v) is 2.49. The molecule has 1 aliphatic carbocycles. The first-order valence-corrected chi connectivity index (χ1v) is 3.95. The fourth-order valence-corrected chi connectivity index (χ4v) is 1.46. The molecule has 0 saturated heterocycles. The zero-order chi connectivity index (χ0) is 6.69. The van der Waals surface area contributed by atoms with Crippen molar-refractivity contribution in [2.45, 2.75) is 32.6 Å². The topological polar surface area (TPSA) is 0 Å². The van der Waals surface area contributed by atoms with Crippen LogP contribution in [0.5, 0.6) is 0 Å². The summed E-state index contributed by atoms with van der Waals surface area (Å²) in [5, 5.41) is 0. The zero-order valence-corrected chi connectivity index (χ0v) is 6.27. The summed E-state index contributed by atoms with van der Waals surface area (Å²) in [6.45, 7) is 6.08. The highest BCUT2D eigenvalue weighted by atomic mass is 14.3. The lowest BCUT2D eigenvalue weighted by Crippen LogP contribution is -2.18. The van der Waals surface area contributed by atoms with Gasteiger partial charge in [-0.3, -0.25) is 0 Å². The van der Waals surface area contributed by atoms with Crippen molar-refractivity contribution >= 4 is 0 Å². The summed E-state index contributed by atoms with van der Waals surface area (Å²) in [4.78, 5) is 0. The second-order valence-corrected chi connectivity index (χ2v) is 3.19. The molecule has 9 heavy (non-hydrogen) atoms. The quantitative estimate of drug-likeness (QED) is 0.507. The standard InChI is InChI=1S/C9H16/c1-3-5-8(2)9-6-4-7-9/h3,8-9H,1,4-7H2,2H3. The van der Waals surface area contributed by atoms with Crippen molar-refractivity contribution in [3.63, 3.8) is 0 Å². The molecule has 0 nitrogen and oxygen atoms in total. The Kier molecular flexibility index (Phi) is 2.32. The van der Waals surface area contributed by atoms with Crippen molar-refractivity contribution in [1.82, 2.24) is 0 Å². The molecule has 0 aromatic rings. The van der Waals surface area contributed by atoms with Crippen LogP contribution in [0.1, 0.15) is 32.6 Å². The highest BCUT2D eigenvalue weighted by Crippen LogP contribution is 2.34. The van der Waals surface area contributed by atoms with Crippen LogP contribution in [0.4, 0.5) is 0 Å². The molecule has 1 rings (SSSR count). The van der Waals surface area contributed by atoms with E-state index in [0.717, 1.165) is 11.8 Å². The maximum absolute atomic E-state index is 3.74. The van der Waals surface area contributed by atoms with Gasteiger partial charge in [0.1, 0.15) is 0 Å². The molecule has 1 aliphatic rings. The van der Waals surface area contributed by atoms with Gasteiger partial charge in [-0.05, 0) is 18.3 Å². The fraction of sp³-hybridized carbons (Fsp3) is 0.778. The maximum Gasteiger partial charge on any atom is -0.0325 e. The van der Waals surface area contributed by atoms with Crippen LogP contribution in [0, 0.1) is 11.8 Å². The van der Waals surface area contributed by atoms with Gasteiger partial charge >= 0.3 is 0 Å². The molecular weight excluding hydrogens is 108 g/mol. The van der Waals surface area contributed by atoms with E-state index in [1.807, 2.05) is 6.08 Å². The van der Waals surface area contributed by atoms with Gasteiger partial charge in [-0.15, -0.1) is 6.58 Å². The van der Waals surface area contributed by atoms with Crippen LogP contribution in [0.3, 0.4) is 0 Å². The van der Waals surface area contributed by atoms with E-state index in [2.05, 4.69) is 13.5 Å². The smallest absolute Gasteiger partial charge is 0.0325 e. The highest BCUT2D eigenvalue weighted by Gasteiger charge is 2.22. The lowest BCUT2D eigenvalue weighted by molar-refractivity contribution is 0.222. The SMILES string of the molecule is C=CCC(C)C1CCC1. The minimum Gasteiger partial charge on any atom is -0.103 e. The van der Waals surface area contributed by atoms with Crippen molar-refractivity contribution < 1.29 is 0 Å². The van der Waals surface area contributed by atoms with E-state index in [1.165, 1.54) is 25.7 Å². The molecule has 52 valence electrons. The zero-order valence-electron chi connectivity index (χ0n) is 6.27. The Morgan fingerprint density at radius 3 is 2.67 bits per heavy atom. The van der Waals surface area contributed by atoms with Gasteiger partial charge in [0, 0.05) is 0 Å². The Balaban J connectivity index is 2.15.